The van der Waals surface area contributed by atoms with Gasteiger partial charge in [0, 0.05) is 38.4 Å². The van der Waals surface area contributed by atoms with Crippen molar-refractivity contribution in [2.75, 3.05) is 20.2 Å². The molecule has 1 aromatic heterocycles. The number of hydrogen-bond donors (Lipinski definition) is 1. The van der Waals surface area contributed by atoms with Gasteiger partial charge in [0.15, 0.2) is 0 Å². The van der Waals surface area contributed by atoms with Crippen molar-refractivity contribution >= 4 is 5.97 Å². The van der Waals surface area contributed by atoms with E-state index in [1.165, 1.54) is 7.11 Å². The molecule has 5 heteroatoms. The second kappa shape index (κ2) is 5.64. The molecule has 96 valence electrons. The average molecular weight is 248 g/mol. The van der Waals surface area contributed by atoms with Crippen LogP contribution in [-0.2, 0) is 16.1 Å². The van der Waals surface area contributed by atoms with E-state index in [0.29, 0.717) is 25.1 Å². The first kappa shape index (κ1) is 12.6. The minimum absolute atomic E-state index is 0.143. The molecule has 1 aliphatic rings. The summed E-state index contributed by atoms with van der Waals surface area (Å²) >= 11 is 0. The minimum atomic E-state index is -0.455. The van der Waals surface area contributed by atoms with Gasteiger partial charge in [-0.1, -0.05) is 6.07 Å². The molecule has 0 bridgehead atoms. The molecule has 0 saturated heterocycles. The first-order valence-corrected chi connectivity index (χ1v) is 5.81. The molecule has 1 aromatic rings. The normalized spacial score (nSPS) is 16.7. The molecule has 1 N–H and O–H groups in total. The van der Waals surface area contributed by atoms with E-state index in [1.807, 2.05) is 12.1 Å². The number of methoxy groups -OCH3 is 1. The zero-order valence-corrected chi connectivity index (χ0v) is 10.3. The van der Waals surface area contributed by atoms with E-state index in [4.69, 9.17) is 0 Å². The van der Waals surface area contributed by atoms with Crippen LogP contribution in [0.15, 0.2) is 35.9 Å². The van der Waals surface area contributed by atoms with Crippen LogP contribution in [0.2, 0.25) is 0 Å². The van der Waals surface area contributed by atoms with E-state index in [-0.39, 0.29) is 5.76 Å². The number of nitrogens with zero attached hydrogens (tertiary/aromatic N) is 2. The maximum Gasteiger partial charge on any atom is 0.338 e. The Morgan fingerprint density at radius 1 is 1.61 bits per heavy atom. The zero-order chi connectivity index (χ0) is 13.0. The Kier molecular flexibility index (Phi) is 3.94. The molecule has 1 aliphatic heterocycles. The van der Waals surface area contributed by atoms with Crippen molar-refractivity contribution in [3.8, 4) is 0 Å². The maximum absolute atomic E-state index is 11.5. The van der Waals surface area contributed by atoms with Crippen molar-refractivity contribution in [3.05, 3.63) is 41.4 Å². The molecule has 0 atom stereocenters. The zero-order valence-electron chi connectivity index (χ0n) is 10.3. The van der Waals surface area contributed by atoms with Crippen LogP contribution in [0.5, 0.6) is 0 Å². The predicted octanol–water partition coefficient (Wildman–Crippen LogP) is 1.27. The number of esters is 1. The summed E-state index contributed by atoms with van der Waals surface area (Å²) in [4.78, 5) is 17.6. The molecule has 0 aliphatic carbocycles. The lowest BCUT2D eigenvalue weighted by molar-refractivity contribution is -0.136. The Morgan fingerprint density at radius 2 is 2.44 bits per heavy atom. The lowest BCUT2D eigenvalue weighted by Gasteiger charge is -2.27. The highest BCUT2D eigenvalue weighted by Gasteiger charge is 2.24. The van der Waals surface area contributed by atoms with Crippen LogP contribution in [-0.4, -0.2) is 41.2 Å². The Bertz CT molecular complexity index is 457. The summed E-state index contributed by atoms with van der Waals surface area (Å²) in [6, 6.07) is 3.87. The van der Waals surface area contributed by atoms with Gasteiger partial charge in [-0.25, -0.2) is 4.79 Å². The van der Waals surface area contributed by atoms with Gasteiger partial charge in [-0.15, -0.1) is 0 Å². The summed E-state index contributed by atoms with van der Waals surface area (Å²) in [6.07, 6.45) is 4.01. The van der Waals surface area contributed by atoms with Crippen molar-refractivity contribution in [1.82, 2.24) is 9.88 Å². The fourth-order valence-corrected chi connectivity index (χ4v) is 2.00. The first-order valence-electron chi connectivity index (χ1n) is 5.81. The van der Waals surface area contributed by atoms with Gasteiger partial charge in [0.05, 0.1) is 12.7 Å². The van der Waals surface area contributed by atoms with Crippen LogP contribution in [0.1, 0.15) is 12.0 Å². The lowest BCUT2D eigenvalue weighted by Crippen LogP contribution is -2.34. The highest BCUT2D eigenvalue weighted by atomic mass is 16.5. The van der Waals surface area contributed by atoms with Crippen molar-refractivity contribution in [2.24, 2.45) is 0 Å². The smallest absolute Gasteiger partial charge is 0.338 e. The second-order valence-electron chi connectivity index (χ2n) is 4.24. The van der Waals surface area contributed by atoms with E-state index in [2.05, 4.69) is 14.6 Å². The summed E-state index contributed by atoms with van der Waals surface area (Å²) < 4.78 is 4.66. The molecule has 2 rings (SSSR count). The van der Waals surface area contributed by atoms with Crippen molar-refractivity contribution in [3.63, 3.8) is 0 Å². The molecule has 2 heterocycles. The van der Waals surface area contributed by atoms with E-state index < -0.39 is 5.97 Å². The topological polar surface area (TPSA) is 62.7 Å². The Hall–Kier alpha value is -1.88. The van der Waals surface area contributed by atoms with E-state index in [1.54, 1.807) is 12.4 Å². The predicted molar refractivity (Wildman–Crippen MR) is 65.8 cm³/mol. The van der Waals surface area contributed by atoms with Crippen molar-refractivity contribution in [1.29, 1.82) is 0 Å². The molecule has 0 radical (unpaired) electrons. The molecular formula is C13H16N2O3. The number of aromatic nitrogens is 1. The fourth-order valence-electron chi connectivity index (χ4n) is 2.00. The van der Waals surface area contributed by atoms with Gasteiger partial charge < -0.3 is 9.84 Å². The van der Waals surface area contributed by atoms with Crippen LogP contribution in [0.4, 0.5) is 0 Å². The van der Waals surface area contributed by atoms with E-state index in [0.717, 1.165) is 12.1 Å². The van der Waals surface area contributed by atoms with Crippen LogP contribution in [0.25, 0.3) is 0 Å². The summed E-state index contributed by atoms with van der Waals surface area (Å²) in [5, 5.41) is 9.69. The number of carbonyl (C=O) groups is 1. The number of aliphatic hydroxyl groups excluding tert-OH is 1. The number of hydrogen-bond acceptors (Lipinski definition) is 5. The summed E-state index contributed by atoms with van der Waals surface area (Å²) in [5.74, 6) is -0.312. The van der Waals surface area contributed by atoms with Gasteiger partial charge in [-0.2, -0.15) is 0 Å². The van der Waals surface area contributed by atoms with Crippen molar-refractivity contribution < 1.29 is 14.6 Å². The number of carbonyl (C=O) groups excluding carboxylic acids is 1. The van der Waals surface area contributed by atoms with Gasteiger partial charge in [0.1, 0.15) is 5.76 Å². The molecular weight excluding hydrogens is 232 g/mol. The van der Waals surface area contributed by atoms with Crippen LogP contribution < -0.4 is 0 Å². The van der Waals surface area contributed by atoms with Gasteiger partial charge >= 0.3 is 5.97 Å². The Morgan fingerprint density at radius 3 is 3.11 bits per heavy atom. The molecule has 0 amide bonds. The number of aliphatic hydroxyl groups is 1. The molecule has 0 spiro atoms. The molecule has 0 aromatic carbocycles. The van der Waals surface area contributed by atoms with Crippen molar-refractivity contribution in [2.45, 2.75) is 13.0 Å². The summed E-state index contributed by atoms with van der Waals surface area (Å²) in [5.41, 5.74) is 1.44. The molecule has 0 saturated carbocycles. The number of ether oxygens (including phenoxy) is 1. The lowest BCUT2D eigenvalue weighted by atomic mass is 10.1. The summed E-state index contributed by atoms with van der Waals surface area (Å²) in [6.45, 7) is 1.84. The van der Waals surface area contributed by atoms with Gasteiger partial charge in [0.25, 0.3) is 0 Å². The third-order valence-electron chi connectivity index (χ3n) is 2.96. The molecule has 5 nitrogen and oxygen atoms in total. The van der Waals surface area contributed by atoms with Gasteiger partial charge in [0.2, 0.25) is 0 Å². The largest absolute Gasteiger partial charge is 0.512 e. The van der Waals surface area contributed by atoms with Crippen LogP contribution >= 0.6 is 0 Å². The first-order chi connectivity index (χ1) is 8.70. The minimum Gasteiger partial charge on any atom is -0.512 e. The van der Waals surface area contributed by atoms with E-state index in [9.17, 15) is 9.90 Å². The monoisotopic (exact) mass is 248 g/mol. The Balaban J connectivity index is 2.04. The maximum atomic E-state index is 11.5. The van der Waals surface area contributed by atoms with Crippen LogP contribution in [0.3, 0.4) is 0 Å². The average Bonchev–Trinajstić information content (AvgIpc) is 2.41. The number of rotatable bonds is 3. The highest BCUT2D eigenvalue weighted by molar-refractivity contribution is 5.89. The third kappa shape index (κ3) is 2.87. The Labute approximate surface area is 106 Å². The van der Waals surface area contributed by atoms with E-state index >= 15 is 0 Å². The number of pyridine rings is 1. The third-order valence-corrected chi connectivity index (χ3v) is 2.96. The molecule has 0 fully saturated rings. The molecule has 18 heavy (non-hydrogen) atoms. The summed E-state index contributed by atoms with van der Waals surface area (Å²) in [7, 11) is 1.32. The fraction of sp³-hybridized carbons (Fsp3) is 0.385. The molecule has 0 unspecified atom stereocenters. The van der Waals surface area contributed by atoms with Crippen LogP contribution in [0, 0.1) is 0 Å². The highest BCUT2D eigenvalue weighted by Crippen LogP contribution is 2.18. The second-order valence-corrected chi connectivity index (χ2v) is 4.24. The quantitative estimate of drug-likeness (QED) is 0.816. The van der Waals surface area contributed by atoms with Gasteiger partial charge in [-0.05, 0) is 11.6 Å². The standard InChI is InChI=1S/C13H16N2O3/c1-18-13(17)11-9-15(6-4-12(11)16)8-10-3-2-5-14-7-10/h2-3,5,7,16H,4,6,8-9H2,1H3. The van der Waals surface area contributed by atoms with Gasteiger partial charge in [-0.3, -0.25) is 9.88 Å². The SMILES string of the molecule is COC(=O)C1=C(O)CCN(Cc2cccnc2)C1.